The highest BCUT2D eigenvalue weighted by Gasteiger charge is 2.19. The van der Waals surface area contributed by atoms with Crippen molar-refractivity contribution in [1.82, 2.24) is 4.98 Å². The van der Waals surface area contributed by atoms with Crippen LogP contribution in [-0.2, 0) is 10.0 Å². The summed E-state index contributed by atoms with van der Waals surface area (Å²) < 4.78 is 52.4. The second kappa shape index (κ2) is 5.33. The van der Waals surface area contributed by atoms with Crippen LogP contribution in [0.25, 0.3) is 0 Å². The Hall–Kier alpha value is -1.74. The van der Waals surface area contributed by atoms with E-state index in [2.05, 4.69) is 20.9 Å². The number of sulfonamides is 1. The SMILES string of the molecule is O=c1ccc(S(=O)(=O)Nc2c(F)cc(F)cc2Br)c[nH]1. The predicted molar refractivity (Wildman–Crippen MR) is 71.9 cm³/mol. The van der Waals surface area contributed by atoms with Gasteiger partial charge in [-0.1, -0.05) is 0 Å². The van der Waals surface area contributed by atoms with Crippen molar-refractivity contribution >= 4 is 31.6 Å². The summed E-state index contributed by atoms with van der Waals surface area (Å²) in [4.78, 5) is 12.8. The Kier molecular flexibility index (Phi) is 3.91. The molecule has 0 aliphatic heterocycles. The van der Waals surface area contributed by atoms with Crippen LogP contribution in [0.4, 0.5) is 14.5 Å². The van der Waals surface area contributed by atoms with Crippen LogP contribution in [0.15, 0.2) is 44.6 Å². The molecule has 2 N–H and O–H groups in total. The quantitative estimate of drug-likeness (QED) is 0.876. The Morgan fingerprint density at radius 3 is 2.45 bits per heavy atom. The molecule has 0 spiro atoms. The molecule has 0 saturated carbocycles. The number of aromatic nitrogens is 1. The molecular formula is C11H7BrF2N2O3S. The van der Waals surface area contributed by atoms with Gasteiger partial charge in [-0.25, -0.2) is 17.2 Å². The number of pyridine rings is 1. The van der Waals surface area contributed by atoms with Gasteiger partial charge in [0.15, 0.2) is 5.82 Å². The molecule has 0 amide bonds. The van der Waals surface area contributed by atoms with E-state index < -0.39 is 32.9 Å². The molecule has 106 valence electrons. The van der Waals surface area contributed by atoms with Crippen LogP contribution in [0, 0.1) is 11.6 Å². The fourth-order valence-corrected chi connectivity index (χ4v) is 3.09. The number of hydrogen-bond donors (Lipinski definition) is 2. The maximum absolute atomic E-state index is 13.6. The van der Waals surface area contributed by atoms with E-state index in [0.717, 1.165) is 24.4 Å². The highest BCUT2D eigenvalue weighted by molar-refractivity contribution is 9.10. The van der Waals surface area contributed by atoms with E-state index in [-0.39, 0.29) is 9.37 Å². The zero-order valence-electron chi connectivity index (χ0n) is 9.65. The number of H-pyrrole nitrogens is 1. The number of nitrogens with one attached hydrogen (secondary N) is 2. The predicted octanol–water partition coefficient (Wildman–Crippen LogP) is 2.22. The van der Waals surface area contributed by atoms with E-state index in [9.17, 15) is 22.0 Å². The van der Waals surface area contributed by atoms with Gasteiger partial charge in [-0.2, -0.15) is 0 Å². The topological polar surface area (TPSA) is 79.0 Å². The second-order valence-corrected chi connectivity index (χ2v) is 6.28. The molecule has 1 heterocycles. The molecule has 20 heavy (non-hydrogen) atoms. The first-order valence-corrected chi connectivity index (χ1v) is 7.43. The average molecular weight is 365 g/mol. The molecule has 0 unspecified atom stereocenters. The molecule has 0 aliphatic rings. The van der Waals surface area contributed by atoms with E-state index in [1.807, 2.05) is 4.72 Å². The molecule has 1 aromatic heterocycles. The number of hydrogen-bond acceptors (Lipinski definition) is 3. The van der Waals surface area contributed by atoms with Crippen molar-refractivity contribution in [2.45, 2.75) is 4.90 Å². The Morgan fingerprint density at radius 1 is 1.20 bits per heavy atom. The normalized spacial score (nSPS) is 11.3. The summed E-state index contributed by atoms with van der Waals surface area (Å²) in [5.41, 5.74) is -0.893. The molecule has 2 aromatic rings. The van der Waals surface area contributed by atoms with Gasteiger partial charge in [-0.15, -0.1) is 0 Å². The zero-order valence-corrected chi connectivity index (χ0v) is 12.1. The van der Waals surface area contributed by atoms with Gasteiger partial charge < -0.3 is 4.98 Å². The molecule has 5 nitrogen and oxygen atoms in total. The maximum atomic E-state index is 13.6. The molecule has 0 atom stereocenters. The lowest BCUT2D eigenvalue weighted by Gasteiger charge is -2.10. The third-order valence-electron chi connectivity index (χ3n) is 2.31. The van der Waals surface area contributed by atoms with Crippen molar-refractivity contribution in [2.24, 2.45) is 0 Å². The van der Waals surface area contributed by atoms with Crippen LogP contribution >= 0.6 is 15.9 Å². The van der Waals surface area contributed by atoms with Crippen molar-refractivity contribution in [3.8, 4) is 0 Å². The molecule has 0 bridgehead atoms. The molecule has 2 rings (SSSR count). The van der Waals surface area contributed by atoms with E-state index in [4.69, 9.17) is 0 Å². The average Bonchev–Trinajstić information content (AvgIpc) is 2.34. The van der Waals surface area contributed by atoms with Gasteiger partial charge in [0.2, 0.25) is 5.56 Å². The van der Waals surface area contributed by atoms with Gasteiger partial charge in [0.1, 0.15) is 10.7 Å². The van der Waals surface area contributed by atoms with Gasteiger partial charge in [0.05, 0.1) is 5.69 Å². The molecule has 0 saturated heterocycles. The Bertz CT molecular complexity index is 777. The minimum Gasteiger partial charge on any atom is -0.328 e. The van der Waals surface area contributed by atoms with E-state index >= 15 is 0 Å². The Labute approximate surface area is 120 Å². The third kappa shape index (κ3) is 3.05. The Morgan fingerprint density at radius 2 is 1.90 bits per heavy atom. The van der Waals surface area contributed by atoms with Crippen LogP contribution in [-0.4, -0.2) is 13.4 Å². The maximum Gasteiger partial charge on any atom is 0.263 e. The van der Waals surface area contributed by atoms with Gasteiger partial charge >= 0.3 is 0 Å². The first kappa shape index (κ1) is 14.7. The van der Waals surface area contributed by atoms with Crippen molar-refractivity contribution < 1.29 is 17.2 Å². The van der Waals surface area contributed by atoms with Crippen LogP contribution in [0.1, 0.15) is 0 Å². The van der Waals surface area contributed by atoms with Crippen molar-refractivity contribution in [2.75, 3.05) is 4.72 Å². The number of aromatic amines is 1. The van der Waals surface area contributed by atoms with E-state index in [1.165, 1.54) is 0 Å². The molecule has 0 aliphatic carbocycles. The molecule has 9 heteroatoms. The number of rotatable bonds is 3. The monoisotopic (exact) mass is 364 g/mol. The van der Waals surface area contributed by atoms with Crippen LogP contribution < -0.4 is 10.3 Å². The van der Waals surface area contributed by atoms with E-state index in [0.29, 0.717) is 6.07 Å². The molecule has 0 radical (unpaired) electrons. The smallest absolute Gasteiger partial charge is 0.263 e. The van der Waals surface area contributed by atoms with Gasteiger partial charge in [0.25, 0.3) is 10.0 Å². The summed E-state index contributed by atoms with van der Waals surface area (Å²) in [6.45, 7) is 0. The van der Waals surface area contributed by atoms with Gasteiger partial charge in [-0.05, 0) is 28.1 Å². The summed E-state index contributed by atoms with van der Waals surface area (Å²) in [7, 11) is -4.10. The number of halogens is 3. The Balaban J connectivity index is 2.43. The summed E-state index contributed by atoms with van der Waals surface area (Å²) in [6.07, 6.45) is 0.972. The fourth-order valence-electron chi connectivity index (χ4n) is 1.40. The lowest BCUT2D eigenvalue weighted by atomic mass is 10.3. The molecule has 0 fully saturated rings. The summed E-state index contributed by atoms with van der Waals surface area (Å²) in [6, 6.07) is 3.56. The highest BCUT2D eigenvalue weighted by atomic mass is 79.9. The van der Waals surface area contributed by atoms with Crippen LogP contribution in [0.5, 0.6) is 0 Å². The minimum atomic E-state index is -4.10. The summed E-state index contributed by atoms with van der Waals surface area (Å²) in [5, 5.41) is 0. The fraction of sp³-hybridized carbons (Fsp3) is 0. The first-order chi connectivity index (χ1) is 9.29. The first-order valence-electron chi connectivity index (χ1n) is 5.16. The van der Waals surface area contributed by atoms with Crippen LogP contribution in [0.3, 0.4) is 0 Å². The standard InChI is InChI=1S/C11H7BrF2N2O3S/c12-8-3-6(13)4-9(14)11(8)16-20(18,19)7-1-2-10(17)15-5-7/h1-5,16H,(H,15,17). The van der Waals surface area contributed by atoms with Gasteiger partial charge in [0, 0.05) is 22.8 Å². The summed E-state index contributed by atoms with van der Waals surface area (Å²) in [5.74, 6) is -1.91. The third-order valence-corrected chi connectivity index (χ3v) is 4.28. The molecular weight excluding hydrogens is 358 g/mol. The number of anilines is 1. The largest absolute Gasteiger partial charge is 0.328 e. The van der Waals surface area contributed by atoms with Crippen molar-refractivity contribution in [3.63, 3.8) is 0 Å². The number of benzene rings is 1. The molecule has 1 aromatic carbocycles. The minimum absolute atomic E-state index is 0.0806. The summed E-state index contributed by atoms with van der Waals surface area (Å²) >= 11 is 2.87. The lowest BCUT2D eigenvalue weighted by molar-refractivity contribution is 0.581. The second-order valence-electron chi connectivity index (χ2n) is 3.74. The highest BCUT2D eigenvalue weighted by Crippen LogP contribution is 2.28. The van der Waals surface area contributed by atoms with Crippen molar-refractivity contribution in [1.29, 1.82) is 0 Å². The van der Waals surface area contributed by atoms with Crippen LogP contribution in [0.2, 0.25) is 0 Å². The lowest BCUT2D eigenvalue weighted by Crippen LogP contribution is -2.16. The van der Waals surface area contributed by atoms with E-state index in [1.54, 1.807) is 0 Å². The van der Waals surface area contributed by atoms with Gasteiger partial charge in [-0.3, -0.25) is 9.52 Å². The van der Waals surface area contributed by atoms with Crippen molar-refractivity contribution in [3.05, 3.63) is 56.9 Å². The zero-order chi connectivity index (χ0) is 14.9.